The molecule has 0 fully saturated rings. The molecule has 106 valence electrons. The number of rotatable bonds is 4. The molecule has 21 heavy (non-hydrogen) atoms. The fourth-order valence-electron chi connectivity index (χ4n) is 1.79. The molecule has 0 aromatic heterocycles. The van der Waals surface area contributed by atoms with E-state index in [1.807, 2.05) is 12.1 Å². The molecule has 5 heteroatoms. The third kappa shape index (κ3) is 3.98. The predicted molar refractivity (Wildman–Crippen MR) is 80.5 cm³/mol. The van der Waals surface area contributed by atoms with Crippen LogP contribution in [0, 0.1) is 11.3 Å². The number of carbonyl (C=O) groups is 1. The molecule has 0 radical (unpaired) electrons. The van der Waals surface area contributed by atoms with Gasteiger partial charge in [0, 0.05) is 16.3 Å². The summed E-state index contributed by atoms with van der Waals surface area (Å²) in [7, 11) is 0. The van der Waals surface area contributed by atoms with Gasteiger partial charge in [-0.25, -0.2) is 0 Å². The maximum atomic E-state index is 11.8. The maximum Gasteiger partial charge on any atom is 0.310 e. The molecular weight excluding hydrogens is 288 g/mol. The van der Waals surface area contributed by atoms with Crippen LogP contribution in [0.5, 0.6) is 0 Å². The lowest BCUT2D eigenvalue weighted by atomic mass is 10.1. The molecule has 0 aliphatic rings. The van der Waals surface area contributed by atoms with Gasteiger partial charge in [-0.1, -0.05) is 35.9 Å². The van der Waals surface area contributed by atoms with Crippen LogP contribution >= 0.6 is 11.6 Å². The number of esters is 1. The molecule has 0 heterocycles. The maximum absolute atomic E-state index is 11.8. The second-order valence-electron chi connectivity index (χ2n) is 4.45. The Balaban J connectivity index is 1.96. The van der Waals surface area contributed by atoms with E-state index in [1.165, 1.54) is 0 Å². The third-order valence-corrected chi connectivity index (χ3v) is 3.31. The van der Waals surface area contributed by atoms with E-state index < -0.39 is 0 Å². The minimum absolute atomic E-state index is 0.0656. The Morgan fingerprint density at radius 2 is 2.00 bits per heavy atom. The normalized spacial score (nSPS) is 9.90. The highest BCUT2D eigenvalue weighted by Crippen LogP contribution is 2.19. The summed E-state index contributed by atoms with van der Waals surface area (Å²) < 4.78 is 5.18. The van der Waals surface area contributed by atoms with Gasteiger partial charge in [0.15, 0.2) is 0 Å². The number of hydrogen-bond donors (Lipinski definition) is 1. The molecule has 0 bridgehead atoms. The quantitative estimate of drug-likeness (QED) is 0.695. The zero-order chi connectivity index (χ0) is 15.2. The van der Waals surface area contributed by atoms with Gasteiger partial charge in [0.1, 0.15) is 6.61 Å². The van der Waals surface area contributed by atoms with Crippen molar-refractivity contribution in [2.24, 2.45) is 0 Å². The Morgan fingerprint density at radius 3 is 2.67 bits per heavy atom. The molecular formula is C16H13ClN2O2. The SMILES string of the molecule is N#Cc1ccc(COC(=O)Cc2ccccc2N)c(Cl)c1. The van der Waals surface area contributed by atoms with Gasteiger partial charge < -0.3 is 10.5 Å². The monoisotopic (exact) mass is 300 g/mol. The van der Waals surface area contributed by atoms with Gasteiger partial charge in [-0.3, -0.25) is 4.79 Å². The lowest BCUT2D eigenvalue weighted by molar-refractivity contribution is -0.144. The van der Waals surface area contributed by atoms with Gasteiger partial charge in [-0.2, -0.15) is 5.26 Å². The molecule has 2 aromatic rings. The fraction of sp³-hybridized carbons (Fsp3) is 0.125. The van der Waals surface area contributed by atoms with Crippen molar-refractivity contribution in [3.63, 3.8) is 0 Å². The highest BCUT2D eigenvalue weighted by molar-refractivity contribution is 6.31. The lowest BCUT2D eigenvalue weighted by Gasteiger charge is -2.08. The van der Waals surface area contributed by atoms with Gasteiger partial charge >= 0.3 is 5.97 Å². The minimum Gasteiger partial charge on any atom is -0.460 e. The van der Waals surface area contributed by atoms with E-state index in [4.69, 9.17) is 27.3 Å². The number of nitrogens with zero attached hydrogens (tertiary/aromatic N) is 1. The molecule has 2 rings (SSSR count). The van der Waals surface area contributed by atoms with E-state index in [-0.39, 0.29) is 19.0 Å². The highest BCUT2D eigenvalue weighted by Gasteiger charge is 2.09. The van der Waals surface area contributed by atoms with Crippen LogP contribution < -0.4 is 5.73 Å². The van der Waals surface area contributed by atoms with Crippen LogP contribution in [0.15, 0.2) is 42.5 Å². The number of halogens is 1. The standard InChI is InChI=1S/C16H13ClN2O2/c17-14-7-11(9-18)5-6-13(14)10-21-16(20)8-12-3-1-2-4-15(12)19/h1-7H,8,10,19H2. The first kappa shape index (κ1) is 14.9. The number of carbonyl (C=O) groups excluding carboxylic acids is 1. The van der Waals surface area contributed by atoms with Crippen molar-refractivity contribution in [1.82, 2.24) is 0 Å². The summed E-state index contributed by atoms with van der Waals surface area (Å²) in [5, 5.41) is 9.16. The van der Waals surface area contributed by atoms with E-state index in [9.17, 15) is 4.79 Å². The molecule has 0 unspecified atom stereocenters. The first-order valence-corrected chi connectivity index (χ1v) is 6.65. The van der Waals surface area contributed by atoms with Crippen LogP contribution in [0.3, 0.4) is 0 Å². The Morgan fingerprint density at radius 1 is 1.24 bits per heavy atom. The second-order valence-corrected chi connectivity index (χ2v) is 4.86. The van der Waals surface area contributed by atoms with Crippen molar-refractivity contribution in [3.8, 4) is 6.07 Å². The summed E-state index contributed by atoms with van der Waals surface area (Å²) >= 11 is 6.01. The molecule has 0 aliphatic carbocycles. The first-order chi connectivity index (χ1) is 10.1. The Labute approximate surface area is 127 Å². The summed E-state index contributed by atoms with van der Waals surface area (Å²) in [6.07, 6.45) is 0.112. The summed E-state index contributed by atoms with van der Waals surface area (Å²) in [5.74, 6) is -0.381. The van der Waals surface area contributed by atoms with Crippen LogP contribution in [0.25, 0.3) is 0 Å². The number of benzene rings is 2. The van der Waals surface area contributed by atoms with E-state index in [0.29, 0.717) is 21.8 Å². The van der Waals surface area contributed by atoms with Crippen LogP contribution in [-0.2, 0) is 22.6 Å². The van der Waals surface area contributed by atoms with E-state index in [1.54, 1.807) is 36.4 Å². The Hall–Kier alpha value is -2.51. The van der Waals surface area contributed by atoms with Gasteiger partial charge in [-0.05, 0) is 23.8 Å². The zero-order valence-corrected chi connectivity index (χ0v) is 11.9. The Bertz CT molecular complexity index is 708. The van der Waals surface area contributed by atoms with Crippen molar-refractivity contribution in [1.29, 1.82) is 5.26 Å². The average Bonchev–Trinajstić information content (AvgIpc) is 2.48. The van der Waals surface area contributed by atoms with Crippen LogP contribution in [-0.4, -0.2) is 5.97 Å². The van der Waals surface area contributed by atoms with Crippen molar-refractivity contribution in [2.45, 2.75) is 13.0 Å². The first-order valence-electron chi connectivity index (χ1n) is 6.27. The molecule has 0 saturated heterocycles. The fourth-order valence-corrected chi connectivity index (χ4v) is 2.03. The third-order valence-electron chi connectivity index (χ3n) is 2.96. The van der Waals surface area contributed by atoms with Gasteiger partial charge in [0.05, 0.1) is 18.1 Å². The number of nitrogens with two attached hydrogens (primary N) is 1. The number of hydrogen-bond acceptors (Lipinski definition) is 4. The molecule has 0 amide bonds. The highest BCUT2D eigenvalue weighted by atomic mass is 35.5. The number of ether oxygens (including phenoxy) is 1. The number of anilines is 1. The smallest absolute Gasteiger partial charge is 0.310 e. The molecule has 2 N–H and O–H groups in total. The number of nitriles is 1. The van der Waals surface area contributed by atoms with Crippen molar-refractivity contribution >= 4 is 23.3 Å². The topological polar surface area (TPSA) is 76.1 Å². The Kier molecular flexibility index (Phi) is 4.81. The van der Waals surface area contributed by atoms with Crippen LogP contribution in [0.2, 0.25) is 5.02 Å². The molecule has 0 saturated carbocycles. The summed E-state index contributed by atoms with van der Waals surface area (Å²) in [4.78, 5) is 11.8. The van der Waals surface area contributed by atoms with Gasteiger partial charge in [-0.15, -0.1) is 0 Å². The van der Waals surface area contributed by atoms with Crippen LogP contribution in [0.4, 0.5) is 5.69 Å². The lowest BCUT2D eigenvalue weighted by Crippen LogP contribution is -2.09. The molecule has 2 aromatic carbocycles. The van der Waals surface area contributed by atoms with Crippen LogP contribution in [0.1, 0.15) is 16.7 Å². The van der Waals surface area contributed by atoms with Gasteiger partial charge in [0.2, 0.25) is 0 Å². The van der Waals surface area contributed by atoms with E-state index in [0.717, 1.165) is 5.56 Å². The molecule has 0 atom stereocenters. The summed E-state index contributed by atoms with van der Waals surface area (Å²) in [5.41, 5.74) is 8.19. The average molecular weight is 301 g/mol. The predicted octanol–water partition coefficient (Wildman–Crippen LogP) is 3.08. The van der Waals surface area contributed by atoms with Gasteiger partial charge in [0.25, 0.3) is 0 Å². The van der Waals surface area contributed by atoms with Crippen molar-refractivity contribution in [3.05, 3.63) is 64.2 Å². The molecule has 4 nitrogen and oxygen atoms in total. The van der Waals surface area contributed by atoms with E-state index in [2.05, 4.69) is 0 Å². The number of para-hydroxylation sites is 1. The van der Waals surface area contributed by atoms with Crippen molar-refractivity contribution in [2.75, 3.05) is 5.73 Å². The largest absolute Gasteiger partial charge is 0.460 e. The summed E-state index contributed by atoms with van der Waals surface area (Å²) in [6, 6.07) is 14.0. The van der Waals surface area contributed by atoms with E-state index >= 15 is 0 Å². The zero-order valence-electron chi connectivity index (χ0n) is 11.2. The minimum atomic E-state index is -0.381. The second kappa shape index (κ2) is 6.78. The molecule has 0 aliphatic heterocycles. The molecule has 0 spiro atoms. The summed E-state index contributed by atoms with van der Waals surface area (Å²) in [6.45, 7) is 0.0656. The number of nitrogen functional groups attached to an aromatic ring is 1. The van der Waals surface area contributed by atoms with Crippen molar-refractivity contribution < 1.29 is 9.53 Å².